The average Bonchev–Trinajstić information content (AvgIpc) is 3.53. The van der Waals surface area contributed by atoms with Crippen LogP contribution in [-0.2, 0) is 28.1 Å². The Bertz CT molecular complexity index is 1320. The van der Waals surface area contributed by atoms with E-state index in [1.54, 1.807) is 12.1 Å². The van der Waals surface area contributed by atoms with Gasteiger partial charge in [-0.1, -0.05) is 99.6 Å². The summed E-state index contributed by atoms with van der Waals surface area (Å²) in [6, 6.07) is 29.8. The minimum Gasteiger partial charge on any atom is -0.453 e. The third kappa shape index (κ3) is 6.80. The summed E-state index contributed by atoms with van der Waals surface area (Å²) in [5.74, 6) is -2.15. The molecule has 8 heteroatoms. The zero-order valence-electron chi connectivity index (χ0n) is 26.2. The zero-order valence-corrected chi connectivity index (χ0v) is 27.2. The van der Waals surface area contributed by atoms with E-state index in [4.69, 9.17) is 28.1 Å². The first-order valence-electron chi connectivity index (χ1n) is 15.0. The number of carbonyl (C=O) groups excluding carboxylic acids is 1. The molecule has 4 atom stereocenters. The van der Waals surface area contributed by atoms with E-state index in [-0.39, 0.29) is 18.3 Å². The van der Waals surface area contributed by atoms with Gasteiger partial charge in [-0.2, -0.15) is 0 Å². The van der Waals surface area contributed by atoms with Crippen LogP contribution in [0.3, 0.4) is 0 Å². The van der Waals surface area contributed by atoms with Crippen molar-refractivity contribution in [2.45, 2.75) is 89.5 Å². The molecule has 3 aromatic carbocycles. The lowest BCUT2D eigenvalue weighted by Crippen LogP contribution is -2.70. The van der Waals surface area contributed by atoms with E-state index in [1.165, 1.54) is 0 Å². The Morgan fingerprint density at radius 1 is 0.721 bits per heavy atom. The van der Waals surface area contributed by atoms with E-state index in [0.717, 1.165) is 10.4 Å². The second kappa shape index (κ2) is 12.3. The first kappa shape index (κ1) is 31.6. The SMILES string of the molecule is CC1(C)OC[C@H]([C@H](OC(=O)c2ccccc2)[C@H](O[Si](c2ccccc2)(c2ccccc2)C(C)(C)C)[C@H]2COC(C)(C)O2)O1. The number of benzene rings is 3. The molecule has 2 fully saturated rings. The molecule has 0 unspecified atom stereocenters. The van der Waals surface area contributed by atoms with Gasteiger partial charge in [0, 0.05) is 0 Å². The highest BCUT2D eigenvalue weighted by Gasteiger charge is 2.57. The fraction of sp³-hybridized carbons (Fsp3) is 0.457. The van der Waals surface area contributed by atoms with Gasteiger partial charge in [-0.25, -0.2) is 4.79 Å². The Morgan fingerprint density at radius 2 is 1.14 bits per heavy atom. The molecular weight excluding hydrogens is 560 g/mol. The van der Waals surface area contributed by atoms with Crippen LogP contribution in [-0.4, -0.2) is 63.5 Å². The largest absolute Gasteiger partial charge is 0.453 e. The molecule has 2 aliphatic heterocycles. The van der Waals surface area contributed by atoms with E-state index < -0.39 is 50.3 Å². The molecule has 7 nitrogen and oxygen atoms in total. The van der Waals surface area contributed by atoms with Crippen LogP contribution in [0.25, 0.3) is 0 Å². The lowest BCUT2D eigenvalue weighted by molar-refractivity contribution is -0.181. The quantitative estimate of drug-likeness (QED) is 0.237. The lowest BCUT2D eigenvalue weighted by Gasteiger charge is -2.47. The van der Waals surface area contributed by atoms with Crippen molar-refractivity contribution in [3.05, 3.63) is 96.6 Å². The molecule has 0 spiro atoms. The summed E-state index contributed by atoms with van der Waals surface area (Å²) in [7, 11) is -3.13. The molecule has 2 aliphatic rings. The number of ether oxygens (including phenoxy) is 5. The number of hydrogen-bond acceptors (Lipinski definition) is 7. The summed E-state index contributed by atoms with van der Waals surface area (Å²) >= 11 is 0. The molecule has 0 bridgehead atoms. The predicted molar refractivity (Wildman–Crippen MR) is 168 cm³/mol. The topological polar surface area (TPSA) is 72.5 Å². The van der Waals surface area contributed by atoms with E-state index in [9.17, 15) is 4.79 Å². The first-order chi connectivity index (χ1) is 20.3. The zero-order chi connectivity index (χ0) is 30.9. The second-order valence-corrected chi connectivity index (χ2v) is 17.5. The lowest BCUT2D eigenvalue weighted by atomic mass is 10.0. The molecule has 5 rings (SSSR count). The molecule has 0 aromatic heterocycles. The van der Waals surface area contributed by atoms with Gasteiger partial charge in [0.1, 0.15) is 18.3 Å². The number of esters is 1. The minimum atomic E-state index is -3.13. The van der Waals surface area contributed by atoms with Gasteiger partial charge in [-0.15, -0.1) is 0 Å². The van der Waals surface area contributed by atoms with Gasteiger partial charge >= 0.3 is 5.97 Å². The van der Waals surface area contributed by atoms with Gasteiger partial charge in [0.2, 0.25) is 0 Å². The fourth-order valence-corrected chi connectivity index (χ4v) is 10.8. The van der Waals surface area contributed by atoms with Crippen molar-refractivity contribution >= 4 is 24.7 Å². The monoisotopic (exact) mass is 604 g/mol. The van der Waals surface area contributed by atoms with Crippen molar-refractivity contribution in [1.29, 1.82) is 0 Å². The summed E-state index contributed by atoms with van der Waals surface area (Å²) in [5.41, 5.74) is 0.443. The van der Waals surface area contributed by atoms with E-state index >= 15 is 0 Å². The maximum absolute atomic E-state index is 13.7. The average molecular weight is 605 g/mol. The van der Waals surface area contributed by atoms with E-state index in [2.05, 4.69) is 45.0 Å². The molecular formula is C35H44O7Si. The third-order valence-corrected chi connectivity index (χ3v) is 13.1. The van der Waals surface area contributed by atoms with Crippen molar-refractivity contribution in [2.75, 3.05) is 13.2 Å². The van der Waals surface area contributed by atoms with Crippen molar-refractivity contribution in [2.24, 2.45) is 0 Å². The smallest absolute Gasteiger partial charge is 0.338 e. The maximum atomic E-state index is 13.7. The van der Waals surface area contributed by atoms with Gasteiger partial charge in [-0.05, 0) is 55.2 Å². The minimum absolute atomic E-state index is 0.233. The van der Waals surface area contributed by atoms with Gasteiger partial charge in [0.05, 0.1) is 18.8 Å². The van der Waals surface area contributed by atoms with E-state index in [0.29, 0.717) is 5.56 Å². The fourth-order valence-electron chi connectivity index (χ4n) is 6.12. The van der Waals surface area contributed by atoms with Crippen LogP contribution in [0.2, 0.25) is 5.04 Å². The van der Waals surface area contributed by atoms with Crippen LogP contribution in [0.15, 0.2) is 91.0 Å². The molecule has 43 heavy (non-hydrogen) atoms. The van der Waals surface area contributed by atoms with Crippen LogP contribution in [0.1, 0.15) is 58.8 Å². The Balaban J connectivity index is 1.67. The molecule has 0 saturated carbocycles. The van der Waals surface area contributed by atoms with Gasteiger partial charge in [-0.3, -0.25) is 0 Å². The number of hydrogen-bond donors (Lipinski definition) is 0. The highest BCUT2D eigenvalue weighted by molar-refractivity contribution is 6.99. The van der Waals surface area contributed by atoms with Crippen LogP contribution >= 0.6 is 0 Å². The Morgan fingerprint density at radius 3 is 1.53 bits per heavy atom. The highest BCUT2D eigenvalue weighted by atomic mass is 28.4. The van der Waals surface area contributed by atoms with Crippen LogP contribution in [0.4, 0.5) is 0 Å². The molecule has 3 aromatic rings. The molecule has 2 heterocycles. The van der Waals surface area contributed by atoms with Crippen molar-refractivity contribution in [3.8, 4) is 0 Å². The summed E-state index contributed by atoms with van der Waals surface area (Å²) in [4.78, 5) is 13.7. The Kier molecular flexibility index (Phi) is 9.01. The number of rotatable bonds is 9. The summed E-state index contributed by atoms with van der Waals surface area (Å²) in [6.07, 6.45) is -2.75. The van der Waals surface area contributed by atoms with Crippen molar-refractivity contribution < 1.29 is 32.9 Å². The van der Waals surface area contributed by atoms with E-state index in [1.807, 2.05) is 82.3 Å². The predicted octanol–water partition coefficient (Wildman–Crippen LogP) is 5.46. The maximum Gasteiger partial charge on any atom is 0.338 e. The Hall–Kier alpha value is -2.85. The van der Waals surface area contributed by atoms with Crippen LogP contribution < -0.4 is 10.4 Å². The summed E-state index contributed by atoms with van der Waals surface area (Å²) < 4.78 is 39.1. The molecule has 0 aliphatic carbocycles. The standard InChI is InChI=1S/C35H44O7Si/c1-33(2,3)43(26-19-13-9-14-20-26,27-21-15-10-16-22-27)42-31(29-24-38-35(6,7)41-29)30(28-23-37-34(4,5)40-28)39-32(36)25-17-11-8-12-18-25/h8-22,28-31H,23-24H2,1-7H3/t28-,29-,30+,31-/m1/s1. The Labute approximate surface area is 256 Å². The molecule has 230 valence electrons. The molecule has 0 N–H and O–H groups in total. The van der Waals surface area contributed by atoms with Gasteiger partial charge in [0.15, 0.2) is 17.7 Å². The van der Waals surface area contributed by atoms with Gasteiger partial charge < -0.3 is 28.1 Å². The molecule has 0 radical (unpaired) electrons. The molecule has 0 amide bonds. The summed E-state index contributed by atoms with van der Waals surface area (Å²) in [6.45, 7) is 14.6. The van der Waals surface area contributed by atoms with Gasteiger partial charge in [0.25, 0.3) is 8.32 Å². The van der Waals surface area contributed by atoms with Crippen LogP contribution in [0.5, 0.6) is 0 Å². The second-order valence-electron chi connectivity index (χ2n) is 13.2. The normalized spacial score (nSPS) is 23.0. The number of carbonyl (C=O) groups is 1. The van der Waals surface area contributed by atoms with Crippen LogP contribution in [0, 0.1) is 0 Å². The van der Waals surface area contributed by atoms with Crippen molar-refractivity contribution in [1.82, 2.24) is 0 Å². The highest BCUT2D eigenvalue weighted by Crippen LogP contribution is 2.41. The third-order valence-electron chi connectivity index (χ3n) is 8.10. The summed E-state index contributed by atoms with van der Waals surface area (Å²) in [5, 5.41) is 1.88. The van der Waals surface area contributed by atoms with Crippen molar-refractivity contribution in [3.63, 3.8) is 0 Å². The first-order valence-corrected chi connectivity index (χ1v) is 16.9. The molecule has 2 saturated heterocycles.